The van der Waals surface area contributed by atoms with Gasteiger partial charge in [-0.1, -0.05) is 0 Å². The van der Waals surface area contributed by atoms with Gasteiger partial charge in [-0.2, -0.15) is 0 Å². The van der Waals surface area contributed by atoms with Crippen LogP contribution in [0.15, 0.2) is 0 Å². The monoisotopic (exact) mass is 262 g/mol. The first-order valence-electron chi connectivity index (χ1n) is 6.78. The van der Waals surface area contributed by atoms with E-state index < -0.39 is 0 Å². The van der Waals surface area contributed by atoms with Crippen molar-refractivity contribution in [3.05, 3.63) is 17.1 Å². The van der Waals surface area contributed by atoms with Crippen LogP contribution >= 0.6 is 0 Å². The molecule has 1 amide bonds. The number of rotatable bonds is 3. The molecule has 1 N–H and O–H groups in total. The van der Waals surface area contributed by atoms with Gasteiger partial charge in [-0.3, -0.25) is 4.79 Å². The molecule has 1 aliphatic rings. The van der Waals surface area contributed by atoms with Crippen LogP contribution < -0.4 is 10.2 Å². The minimum Gasteiger partial charge on any atom is -0.359 e. The fourth-order valence-corrected chi connectivity index (χ4v) is 2.61. The van der Waals surface area contributed by atoms with Crippen LogP contribution in [0.3, 0.4) is 0 Å². The topological polar surface area (TPSA) is 58.1 Å². The van der Waals surface area contributed by atoms with Crippen LogP contribution in [-0.4, -0.2) is 36.0 Å². The summed E-state index contributed by atoms with van der Waals surface area (Å²) in [5.74, 6) is 2.39. The lowest BCUT2D eigenvalue weighted by atomic mass is 10.0. The molecular weight excluding hydrogens is 240 g/mol. The highest BCUT2D eigenvalue weighted by atomic mass is 16.1. The average Bonchev–Trinajstić information content (AvgIpc) is 2.81. The summed E-state index contributed by atoms with van der Waals surface area (Å²) in [5, 5.41) is 2.69. The normalized spacial score (nSPS) is 18.7. The lowest BCUT2D eigenvalue weighted by molar-refractivity contribution is -0.121. The highest BCUT2D eigenvalue weighted by Crippen LogP contribution is 2.27. The van der Waals surface area contributed by atoms with Crippen molar-refractivity contribution in [3.63, 3.8) is 0 Å². The standard InChI is InChI=1S/C14H22N4O/c1-9-10(2)16-11(3)17-14(9)18-6-5-12(8-18)7-13(19)15-4/h12H,5-8H2,1-4H3,(H,15,19)/t12-/m1/s1. The molecule has 0 unspecified atom stereocenters. The summed E-state index contributed by atoms with van der Waals surface area (Å²) in [4.78, 5) is 22.7. The molecule has 0 spiro atoms. The first-order chi connectivity index (χ1) is 9.01. The number of nitrogens with zero attached hydrogens (tertiary/aromatic N) is 3. The van der Waals surface area contributed by atoms with E-state index in [0.29, 0.717) is 12.3 Å². The molecule has 0 radical (unpaired) electrons. The number of carbonyl (C=O) groups is 1. The number of hydrogen-bond acceptors (Lipinski definition) is 4. The Morgan fingerprint density at radius 1 is 1.37 bits per heavy atom. The van der Waals surface area contributed by atoms with Crippen molar-refractivity contribution in [1.29, 1.82) is 0 Å². The third kappa shape index (κ3) is 3.03. The molecule has 1 aromatic heterocycles. The molecule has 0 aromatic carbocycles. The Hall–Kier alpha value is -1.65. The number of amides is 1. The van der Waals surface area contributed by atoms with Crippen LogP contribution in [0.4, 0.5) is 5.82 Å². The largest absolute Gasteiger partial charge is 0.359 e. The van der Waals surface area contributed by atoms with Crippen LogP contribution in [0, 0.1) is 26.7 Å². The van der Waals surface area contributed by atoms with Gasteiger partial charge in [-0.25, -0.2) is 9.97 Å². The summed E-state index contributed by atoms with van der Waals surface area (Å²) in [6, 6.07) is 0. The molecule has 1 aliphatic heterocycles. The summed E-state index contributed by atoms with van der Waals surface area (Å²) in [6.07, 6.45) is 1.66. The predicted octanol–water partition coefficient (Wildman–Crippen LogP) is 1.36. The van der Waals surface area contributed by atoms with Crippen molar-refractivity contribution >= 4 is 11.7 Å². The second kappa shape index (κ2) is 5.55. The van der Waals surface area contributed by atoms with Crippen LogP contribution in [-0.2, 0) is 4.79 Å². The van der Waals surface area contributed by atoms with Gasteiger partial charge < -0.3 is 10.2 Å². The molecule has 0 aliphatic carbocycles. The summed E-state index contributed by atoms with van der Waals surface area (Å²) in [7, 11) is 1.69. The summed E-state index contributed by atoms with van der Waals surface area (Å²) < 4.78 is 0. The molecule has 2 rings (SSSR count). The van der Waals surface area contributed by atoms with Crippen molar-refractivity contribution in [2.45, 2.75) is 33.6 Å². The van der Waals surface area contributed by atoms with Crippen LogP contribution in [0.5, 0.6) is 0 Å². The van der Waals surface area contributed by atoms with Crippen molar-refractivity contribution in [2.24, 2.45) is 5.92 Å². The van der Waals surface area contributed by atoms with Gasteiger partial charge in [-0.15, -0.1) is 0 Å². The van der Waals surface area contributed by atoms with Crippen molar-refractivity contribution in [2.75, 3.05) is 25.0 Å². The Bertz CT molecular complexity index is 487. The quantitative estimate of drug-likeness (QED) is 0.893. The fraction of sp³-hybridized carbons (Fsp3) is 0.643. The lowest BCUT2D eigenvalue weighted by Gasteiger charge is -2.20. The number of aromatic nitrogens is 2. The van der Waals surface area contributed by atoms with Crippen LogP contribution in [0.1, 0.15) is 29.9 Å². The number of aryl methyl sites for hydroxylation is 2. The zero-order valence-electron chi connectivity index (χ0n) is 12.2. The smallest absolute Gasteiger partial charge is 0.220 e. The minimum absolute atomic E-state index is 0.124. The molecule has 2 heterocycles. The van der Waals surface area contributed by atoms with Gasteiger partial charge >= 0.3 is 0 Å². The lowest BCUT2D eigenvalue weighted by Crippen LogP contribution is -2.25. The van der Waals surface area contributed by atoms with Gasteiger partial charge in [0.2, 0.25) is 5.91 Å². The summed E-state index contributed by atoms with van der Waals surface area (Å²) in [5.41, 5.74) is 2.18. The fourth-order valence-electron chi connectivity index (χ4n) is 2.61. The van der Waals surface area contributed by atoms with E-state index in [1.807, 2.05) is 13.8 Å². The number of hydrogen-bond donors (Lipinski definition) is 1. The Balaban J connectivity index is 2.11. The van der Waals surface area contributed by atoms with E-state index in [2.05, 4.69) is 27.1 Å². The zero-order chi connectivity index (χ0) is 14.0. The van der Waals surface area contributed by atoms with E-state index >= 15 is 0 Å². The van der Waals surface area contributed by atoms with Crippen molar-refractivity contribution in [1.82, 2.24) is 15.3 Å². The van der Waals surface area contributed by atoms with E-state index in [9.17, 15) is 4.79 Å². The Morgan fingerprint density at radius 2 is 2.11 bits per heavy atom. The maximum atomic E-state index is 11.4. The van der Waals surface area contributed by atoms with E-state index in [1.165, 1.54) is 0 Å². The van der Waals surface area contributed by atoms with E-state index in [-0.39, 0.29) is 5.91 Å². The third-order valence-corrected chi connectivity index (χ3v) is 3.81. The predicted molar refractivity (Wildman–Crippen MR) is 75.2 cm³/mol. The SMILES string of the molecule is CNC(=O)C[C@H]1CCN(c2nc(C)nc(C)c2C)C1. The Kier molecular flexibility index (Phi) is 4.02. The molecule has 1 fully saturated rings. The van der Waals surface area contributed by atoms with Crippen LogP contribution in [0.2, 0.25) is 0 Å². The third-order valence-electron chi connectivity index (χ3n) is 3.81. The molecule has 104 valence electrons. The highest BCUT2D eigenvalue weighted by molar-refractivity contribution is 5.76. The molecule has 0 saturated carbocycles. The molecule has 1 saturated heterocycles. The molecular formula is C14H22N4O. The maximum absolute atomic E-state index is 11.4. The first kappa shape index (κ1) is 13.8. The van der Waals surface area contributed by atoms with Gasteiger partial charge in [0.25, 0.3) is 0 Å². The van der Waals surface area contributed by atoms with Gasteiger partial charge in [0.15, 0.2) is 0 Å². The maximum Gasteiger partial charge on any atom is 0.220 e. The van der Waals surface area contributed by atoms with Gasteiger partial charge in [0.05, 0.1) is 0 Å². The van der Waals surface area contributed by atoms with Gasteiger partial charge in [-0.05, 0) is 33.1 Å². The summed E-state index contributed by atoms with van der Waals surface area (Å²) in [6.45, 7) is 7.89. The highest BCUT2D eigenvalue weighted by Gasteiger charge is 2.26. The Labute approximate surface area is 114 Å². The van der Waals surface area contributed by atoms with Crippen molar-refractivity contribution < 1.29 is 4.79 Å². The van der Waals surface area contributed by atoms with Gasteiger partial charge in [0, 0.05) is 37.8 Å². The second-order valence-corrected chi connectivity index (χ2v) is 5.28. The number of carbonyl (C=O) groups excluding carboxylic acids is 1. The summed E-state index contributed by atoms with van der Waals surface area (Å²) >= 11 is 0. The zero-order valence-corrected chi connectivity index (χ0v) is 12.2. The molecule has 1 aromatic rings. The van der Waals surface area contributed by atoms with Gasteiger partial charge in [0.1, 0.15) is 11.6 Å². The second-order valence-electron chi connectivity index (χ2n) is 5.28. The molecule has 1 atom stereocenters. The Morgan fingerprint density at radius 3 is 2.79 bits per heavy atom. The minimum atomic E-state index is 0.124. The average molecular weight is 262 g/mol. The van der Waals surface area contributed by atoms with E-state index in [0.717, 1.165) is 42.4 Å². The molecule has 5 heteroatoms. The number of anilines is 1. The van der Waals surface area contributed by atoms with E-state index in [4.69, 9.17) is 0 Å². The first-order valence-corrected chi connectivity index (χ1v) is 6.78. The number of nitrogens with one attached hydrogen (secondary N) is 1. The van der Waals surface area contributed by atoms with Crippen molar-refractivity contribution in [3.8, 4) is 0 Å². The van der Waals surface area contributed by atoms with Crippen LogP contribution in [0.25, 0.3) is 0 Å². The van der Waals surface area contributed by atoms with E-state index in [1.54, 1.807) is 7.05 Å². The molecule has 0 bridgehead atoms. The molecule has 19 heavy (non-hydrogen) atoms. The molecule has 5 nitrogen and oxygen atoms in total.